The number of hydrogen-bond donors (Lipinski definition) is 2. The largest absolute Gasteiger partial charge is 0.463 e. The summed E-state index contributed by atoms with van der Waals surface area (Å²) in [5.74, 6) is -0.290. The monoisotopic (exact) mass is 254 g/mol. The molecular formula is C11H11ClN2O3. The Morgan fingerprint density at radius 2 is 2.06 bits per heavy atom. The van der Waals surface area contributed by atoms with Crippen LogP contribution in [0.5, 0.6) is 0 Å². The number of hydrogen-bond acceptors (Lipinski definition) is 3. The number of carbonyl (C=O) groups excluding carboxylic acids is 2. The minimum Gasteiger partial charge on any atom is -0.463 e. The summed E-state index contributed by atoms with van der Waals surface area (Å²) >= 11 is 5.72. The number of rotatable bonds is 2. The lowest BCUT2D eigenvalue weighted by Gasteiger charge is -2.10. The Labute approximate surface area is 103 Å². The molecule has 1 unspecified atom stereocenters. The zero-order chi connectivity index (χ0) is 12.3. The molecule has 1 aromatic rings. The van der Waals surface area contributed by atoms with Crippen LogP contribution >= 0.6 is 11.6 Å². The smallest absolute Gasteiger partial charge is 0.319 e. The van der Waals surface area contributed by atoms with E-state index >= 15 is 0 Å². The number of cyclic esters (lactones) is 1. The van der Waals surface area contributed by atoms with Gasteiger partial charge in [0.2, 0.25) is 0 Å². The van der Waals surface area contributed by atoms with Gasteiger partial charge < -0.3 is 15.4 Å². The molecule has 1 fully saturated rings. The highest BCUT2D eigenvalue weighted by Gasteiger charge is 2.24. The van der Waals surface area contributed by atoms with E-state index in [1.54, 1.807) is 24.3 Å². The molecule has 2 rings (SSSR count). The van der Waals surface area contributed by atoms with Crippen LogP contribution in [-0.4, -0.2) is 24.6 Å². The predicted octanol–water partition coefficient (Wildman–Crippen LogP) is 1.78. The number of esters is 1. The van der Waals surface area contributed by atoms with E-state index in [0.29, 0.717) is 10.7 Å². The third-order valence-electron chi connectivity index (χ3n) is 2.30. The zero-order valence-electron chi connectivity index (χ0n) is 8.90. The van der Waals surface area contributed by atoms with Crippen LogP contribution in [0.1, 0.15) is 6.42 Å². The molecule has 0 spiro atoms. The minimum absolute atomic E-state index is 0.216. The lowest BCUT2D eigenvalue weighted by Crippen LogP contribution is -2.38. The average Bonchev–Trinajstić information content (AvgIpc) is 2.67. The van der Waals surface area contributed by atoms with Gasteiger partial charge in [0.15, 0.2) is 0 Å². The maximum atomic E-state index is 11.5. The topological polar surface area (TPSA) is 67.4 Å². The fraction of sp³-hybridized carbons (Fsp3) is 0.273. The summed E-state index contributed by atoms with van der Waals surface area (Å²) in [4.78, 5) is 22.4. The maximum Gasteiger partial charge on any atom is 0.319 e. The molecule has 5 nitrogen and oxygen atoms in total. The molecule has 1 atom stereocenters. The van der Waals surface area contributed by atoms with Gasteiger partial charge in [-0.05, 0) is 24.3 Å². The Morgan fingerprint density at radius 1 is 1.35 bits per heavy atom. The third-order valence-corrected chi connectivity index (χ3v) is 2.55. The van der Waals surface area contributed by atoms with Gasteiger partial charge in [-0.25, -0.2) is 4.79 Å². The lowest BCUT2D eigenvalue weighted by atomic mass is 10.2. The highest BCUT2D eigenvalue weighted by molar-refractivity contribution is 6.30. The standard InChI is InChI=1S/C11H11ClN2O3/c12-7-1-3-8(4-2-7)13-11(16)14-9-5-10(15)17-6-9/h1-4,9H,5-6H2,(H2,13,14,16). The van der Waals surface area contributed by atoms with E-state index in [1.165, 1.54) is 0 Å². The van der Waals surface area contributed by atoms with Gasteiger partial charge in [0, 0.05) is 10.7 Å². The van der Waals surface area contributed by atoms with E-state index < -0.39 is 0 Å². The van der Waals surface area contributed by atoms with Crippen molar-refractivity contribution in [3.05, 3.63) is 29.3 Å². The first kappa shape index (κ1) is 11.7. The number of halogens is 1. The quantitative estimate of drug-likeness (QED) is 0.791. The maximum absolute atomic E-state index is 11.5. The summed E-state index contributed by atoms with van der Waals surface area (Å²) in [7, 11) is 0. The van der Waals surface area contributed by atoms with Crippen LogP contribution in [0.15, 0.2) is 24.3 Å². The number of amides is 2. The Morgan fingerprint density at radius 3 is 2.65 bits per heavy atom. The van der Waals surface area contributed by atoms with E-state index in [4.69, 9.17) is 16.3 Å². The van der Waals surface area contributed by atoms with Gasteiger partial charge in [-0.15, -0.1) is 0 Å². The average molecular weight is 255 g/mol. The van der Waals surface area contributed by atoms with Crippen molar-refractivity contribution in [2.45, 2.75) is 12.5 Å². The van der Waals surface area contributed by atoms with E-state index in [9.17, 15) is 9.59 Å². The number of urea groups is 1. The minimum atomic E-state index is -0.365. The highest BCUT2D eigenvalue weighted by Crippen LogP contribution is 2.13. The SMILES string of the molecule is O=C(Nc1ccc(Cl)cc1)NC1COC(=O)C1. The number of ether oxygens (including phenoxy) is 1. The number of anilines is 1. The molecule has 0 bridgehead atoms. The second kappa shape index (κ2) is 5.05. The Kier molecular flexibility index (Phi) is 3.49. The van der Waals surface area contributed by atoms with E-state index in [0.717, 1.165) is 0 Å². The summed E-state index contributed by atoms with van der Waals surface area (Å²) in [6.45, 7) is 0.229. The van der Waals surface area contributed by atoms with Crippen LogP contribution in [0.25, 0.3) is 0 Å². The number of nitrogens with one attached hydrogen (secondary N) is 2. The van der Waals surface area contributed by atoms with E-state index in [2.05, 4.69) is 10.6 Å². The normalized spacial score (nSPS) is 18.6. The number of carbonyl (C=O) groups is 2. The van der Waals surface area contributed by atoms with Crippen molar-refractivity contribution in [3.63, 3.8) is 0 Å². The van der Waals surface area contributed by atoms with Gasteiger partial charge in [0.1, 0.15) is 6.61 Å². The second-order valence-electron chi connectivity index (χ2n) is 3.69. The molecule has 1 saturated heterocycles. The summed E-state index contributed by atoms with van der Waals surface area (Å²) in [6.07, 6.45) is 0.216. The molecule has 17 heavy (non-hydrogen) atoms. The van der Waals surface area contributed by atoms with Crippen molar-refractivity contribution in [1.29, 1.82) is 0 Å². The molecule has 2 N–H and O–H groups in total. The van der Waals surface area contributed by atoms with Gasteiger partial charge >= 0.3 is 12.0 Å². The van der Waals surface area contributed by atoms with Gasteiger partial charge in [-0.3, -0.25) is 4.79 Å². The van der Waals surface area contributed by atoms with Crippen molar-refractivity contribution in [2.75, 3.05) is 11.9 Å². The lowest BCUT2D eigenvalue weighted by molar-refractivity contribution is -0.137. The fourth-order valence-electron chi connectivity index (χ4n) is 1.49. The summed E-state index contributed by atoms with van der Waals surface area (Å²) in [6, 6.07) is 6.13. The first-order valence-corrected chi connectivity index (χ1v) is 5.50. The van der Waals surface area contributed by atoms with Crippen LogP contribution in [0.2, 0.25) is 5.02 Å². The summed E-state index contributed by atoms with van der Waals surface area (Å²) < 4.78 is 4.73. The third kappa shape index (κ3) is 3.35. The zero-order valence-corrected chi connectivity index (χ0v) is 9.66. The molecule has 0 aromatic heterocycles. The second-order valence-corrected chi connectivity index (χ2v) is 4.13. The summed E-state index contributed by atoms with van der Waals surface area (Å²) in [5, 5.41) is 5.88. The molecule has 1 aromatic carbocycles. The van der Waals surface area contributed by atoms with Crippen molar-refractivity contribution in [1.82, 2.24) is 5.32 Å². The first-order valence-electron chi connectivity index (χ1n) is 5.12. The molecule has 0 radical (unpaired) electrons. The molecule has 0 aliphatic carbocycles. The molecule has 1 aliphatic rings. The van der Waals surface area contributed by atoms with Gasteiger partial charge in [0.25, 0.3) is 0 Å². The van der Waals surface area contributed by atoms with E-state index in [1.807, 2.05) is 0 Å². The molecule has 2 amide bonds. The van der Waals surface area contributed by atoms with Gasteiger partial charge in [0.05, 0.1) is 12.5 Å². The molecule has 6 heteroatoms. The van der Waals surface area contributed by atoms with Crippen molar-refractivity contribution in [3.8, 4) is 0 Å². The van der Waals surface area contributed by atoms with Gasteiger partial charge in [-0.2, -0.15) is 0 Å². The Balaban J connectivity index is 1.85. The van der Waals surface area contributed by atoms with Gasteiger partial charge in [-0.1, -0.05) is 11.6 Å². The highest BCUT2D eigenvalue weighted by atomic mass is 35.5. The Bertz CT molecular complexity index is 433. The molecule has 1 aliphatic heterocycles. The van der Waals surface area contributed by atoms with Crippen LogP contribution in [0.4, 0.5) is 10.5 Å². The van der Waals surface area contributed by atoms with Crippen LogP contribution in [0.3, 0.4) is 0 Å². The van der Waals surface area contributed by atoms with Crippen molar-refractivity contribution >= 4 is 29.3 Å². The van der Waals surface area contributed by atoms with E-state index in [-0.39, 0.29) is 31.1 Å². The molecular weight excluding hydrogens is 244 g/mol. The number of benzene rings is 1. The van der Waals surface area contributed by atoms with Crippen molar-refractivity contribution < 1.29 is 14.3 Å². The van der Waals surface area contributed by atoms with Crippen LogP contribution < -0.4 is 10.6 Å². The molecule has 90 valence electrons. The first-order chi connectivity index (χ1) is 8.13. The Hall–Kier alpha value is -1.75. The van der Waals surface area contributed by atoms with Crippen LogP contribution in [-0.2, 0) is 9.53 Å². The van der Waals surface area contributed by atoms with Crippen LogP contribution in [0, 0.1) is 0 Å². The fourth-order valence-corrected chi connectivity index (χ4v) is 1.62. The summed E-state index contributed by atoms with van der Waals surface area (Å²) in [5.41, 5.74) is 0.636. The molecule has 1 heterocycles. The molecule has 0 saturated carbocycles. The predicted molar refractivity (Wildman–Crippen MR) is 63.0 cm³/mol. The van der Waals surface area contributed by atoms with Crippen molar-refractivity contribution in [2.24, 2.45) is 0 Å².